The SMILES string of the molecule is CC1COCCN1c1nc(N2CCC3COCC3C2)nc2nc(-c3cccc4[nH]ccc34)[nH]c12. The van der Waals surface area contributed by atoms with Crippen LogP contribution in [0.5, 0.6) is 0 Å². The summed E-state index contributed by atoms with van der Waals surface area (Å²) in [5, 5.41) is 1.14. The van der Waals surface area contributed by atoms with Crippen LogP contribution in [0.2, 0.25) is 0 Å². The van der Waals surface area contributed by atoms with Gasteiger partial charge in [0, 0.05) is 54.8 Å². The Kier molecular flexibility index (Phi) is 4.73. The maximum atomic E-state index is 5.75. The molecular weight excluding hydrogens is 430 g/mol. The molecule has 3 aromatic heterocycles. The van der Waals surface area contributed by atoms with E-state index in [9.17, 15) is 0 Å². The fourth-order valence-corrected chi connectivity index (χ4v) is 5.72. The highest BCUT2D eigenvalue weighted by atomic mass is 16.5. The molecule has 3 saturated heterocycles. The van der Waals surface area contributed by atoms with Gasteiger partial charge in [0.15, 0.2) is 11.5 Å². The van der Waals surface area contributed by atoms with Crippen molar-refractivity contribution in [3.05, 3.63) is 30.5 Å². The van der Waals surface area contributed by atoms with E-state index in [1.54, 1.807) is 0 Å². The third kappa shape index (κ3) is 3.25. The van der Waals surface area contributed by atoms with Crippen molar-refractivity contribution in [3.63, 3.8) is 0 Å². The number of aromatic amines is 2. The van der Waals surface area contributed by atoms with E-state index in [0.29, 0.717) is 30.7 Å². The minimum absolute atomic E-state index is 0.230. The Morgan fingerprint density at radius 3 is 2.88 bits per heavy atom. The lowest BCUT2D eigenvalue weighted by Gasteiger charge is -2.36. The van der Waals surface area contributed by atoms with Crippen molar-refractivity contribution in [2.24, 2.45) is 11.8 Å². The zero-order chi connectivity index (χ0) is 22.6. The van der Waals surface area contributed by atoms with E-state index in [-0.39, 0.29) is 6.04 Å². The number of piperidine rings is 1. The van der Waals surface area contributed by atoms with E-state index >= 15 is 0 Å². The van der Waals surface area contributed by atoms with Crippen LogP contribution in [-0.4, -0.2) is 77.0 Å². The van der Waals surface area contributed by atoms with Crippen molar-refractivity contribution in [2.45, 2.75) is 19.4 Å². The summed E-state index contributed by atoms with van der Waals surface area (Å²) < 4.78 is 11.5. The summed E-state index contributed by atoms with van der Waals surface area (Å²) in [6.07, 6.45) is 3.09. The van der Waals surface area contributed by atoms with Crippen molar-refractivity contribution < 1.29 is 9.47 Å². The summed E-state index contributed by atoms with van der Waals surface area (Å²) in [5.41, 5.74) is 3.75. The Morgan fingerprint density at radius 1 is 1.00 bits per heavy atom. The fourth-order valence-electron chi connectivity index (χ4n) is 5.72. The van der Waals surface area contributed by atoms with Crippen LogP contribution < -0.4 is 9.80 Å². The van der Waals surface area contributed by atoms with Gasteiger partial charge in [-0.25, -0.2) is 4.98 Å². The number of H-pyrrole nitrogens is 2. The number of nitrogens with zero attached hydrogens (tertiary/aromatic N) is 5. The van der Waals surface area contributed by atoms with E-state index in [1.165, 1.54) is 0 Å². The molecule has 9 heteroatoms. The maximum Gasteiger partial charge on any atom is 0.229 e. The lowest BCUT2D eigenvalue weighted by Crippen LogP contribution is -2.45. The summed E-state index contributed by atoms with van der Waals surface area (Å²) in [5.74, 6) is 3.72. The van der Waals surface area contributed by atoms with Gasteiger partial charge in [-0.3, -0.25) is 0 Å². The van der Waals surface area contributed by atoms with Crippen molar-refractivity contribution >= 4 is 33.8 Å². The number of aromatic nitrogens is 5. The number of morpholine rings is 1. The molecule has 1 aromatic carbocycles. The lowest BCUT2D eigenvalue weighted by molar-refractivity contribution is 0.0986. The van der Waals surface area contributed by atoms with Crippen LogP contribution >= 0.6 is 0 Å². The lowest BCUT2D eigenvalue weighted by atomic mass is 9.89. The van der Waals surface area contributed by atoms with E-state index in [1.807, 2.05) is 6.20 Å². The predicted molar refractivity (Wildman–Crippen MR) is 131 cm³/mol. The Bertz CT molecular complexity index is 1350. The van der Waals surface area contributed by atoms with E-state index < -0.39 is 0 Å². The number of imidazole rings is 1. The van der Waals surface area contributed by atoms with Crippen molar-refractivity contribution in [1.29, 1.82) is 0 Å². The molecule has 0 aliphatic carbocycles. The molecule has 3 aliphatic heterocycles. The van der Waals surface area contributed by atoms with Gasteiger partial charge in [-0.05, 0) is 31.4 Å². The van der Waals surface area contributed by atoms with Crippen LogP contribution in [0.3, 0.4) is 0 Å². The van der Waals surface area contributed by atoms with E-state index in [0.717, 1.165) is 78.8 Å². The van der Waals surface area contributed by atoms with Crippen molar-refractivity contribution in [2.75, 3.05) is 55.9 Å². The molecule has 3 atom stereocenters. The van der Waals surface area contributed by atoms with E-state index in [2.05, 4.69) is 51.0 Å². The topological polar surface area (TPSA) is 95.2 Å². The molecule has 7 rings (SSSR count). The Hall–Kier alpha value is -3.17. The minimum atomic E-state index is 0.230. The molecule has 2 N–H and O–H groups in total. The van der Waals surface area contributed by atoms with Crippen LogP contribution in [-0.2, 0) is 9.47 Å². The van der Waals surface area contributed by atoms with Gasteiger partial charge in [-0.1, -0.05) is 12.1 Å². The first-order valence-corrected chi connectivity index (χ1v) is 12.3. The average molecular weight is 460 g/mol. The largest absolute Gasteiger partial charge is 0.381 e. The summed E-state index contributed by atoms with van der Waals surface area (Å²) in [6.45, 7) is 7.99. The summed E-state index contributed by atoms with van der Waals surface area (Å²) in [4.78, 5) is 26.6. The van der Waals surface area contributed by atoms with Gasteiger partial charge < -0.3 is 29.2 Å². The quantitative estimate of drug-likeness (QED) is 0.486. The number of benzene rings is 1. The molecule has 4 aromatic rings. The maximum absolute atomic E-state index is 5.75. The first kappa shape index (κ1) is 20.2. The van der Waals surface area contributed by atoms with Crippen molar-refractivity contribution in [3.8, 4) is 11.4 Å². The van der Waals surface area contributed by atoms with Gasteiger partial charge in [0.2, 0.25) is 5.95 Å². The first-order chi connectivity index (χ1) is 16.7. The standard InChI is InChI=1S/C25H29N7O2/c1-15-12-33-10-9-32(15)24-21-23(28-22(27-21)19-3-2-4-20-18(19)5-7-26-20)29-25(30-24)31-8-6-16-13-34-14-17(16)11-31/h2-5,7,15-17,26H,6,8-14H2,1H3,(H,27,28,29,30). The highest BCUT2D eigenvalue weighted by molar-refractivity contribution is 5.96. The van der Waals surface area contributed by atoms with Crippen LogP contribution in [0.15, 0.2) is 30.5 Å². The Balaban J connectivity index is 1.36. The number of rotatable bonds is 3. The third-order valence-electron chi connectivity index (χ3n) is 7.65. The summed E-state index contributed by atoms with van der Waals surface area (Å²) >= 11 is 0. The second-order valence-corrected chi connectivity index (χ2v) is 9.79. The van der Waals surface area contributed by atoms with Gasteiger partial charge in [-0.2, -0.15) is 9.97 Å². The van der Waals surface area contributed by atoms with E-state index in [4.69, 9.17) is 24.4 Å². The zero-order valence-electron chi connectivity index (χ0n) is 19.3. The van der Waals surface area contributed by atoms with Crippen LogP contribution in [0.1, 0.15) is 13.3 Å². The number of nitrogens with one attached hydrogen (secondary N) is 2. The molecule has 0 bridgehead atoms. The highest BCUT2D eigenvalue weighted by Crippen LogP contribution is 2.35. The molecule has 0 radical (unpaired) electrons. The molecule has 34 heavy (non-hydrogen) atoms. The smallest absolute Gasteiger partial charge is 0.229 e. The number of hydrogen-bond donors (Lipinski definition) is 2. The summed E-state index contributed by atoms with van der Waals surface area (Å²) in [7, 11) is 0. The predicted octanol–water partition coefficient (Wildman–Crippen LogP) is 3.20. The molecule has 0 spiro atoms. The molecule has 0 amide bonds. The molecule has 3 fully saturated rings. The van der Waals surface area contributed by atoms with Gasteiger partial charge in [0.1, 0.15) is 11.3 Å². The van der Waals surface area contributed by atoms with Gasteiger partial charge in [-0.15, -0.1) is 0 Å². The minimum Gasteiger partial charge on any atom is -0.381 e. The third-order valence-corrected chi connectivity index (χ3v) is 7.65. The number of ether oxygens (including phenoxy) is 2. The van der Waals surface area contributed by atoms with Crippen LogP contribution in [0, 0.1) is 11.8 Å². The fraction of sp³-hybridized carbons (Fsp3) is 0.480. The molecule has 0 saturated carbocycles. The molecule has 176 valence electrons. The molecule has 3 aliphatic rings. The molecular formula is C25H29N7O2. The Morgan fingerprint density at radius 2 is 1.94 bits per heavy atom. The van der Waals surface area contributed by atoms with Crippen LogP contribution in [0.4, 0.5) is 11.8 Å². The molecule has 6 heterocycles. The molecule has 3 unspecified atom stereocenters. The average Bonchev–Trinajstić information content (AvgIpc) is 3.62. The van der Waals surface area contributed by atoms with Crippen LogP contribution in [0.25, 0.3) is 33.5 Å². The van der Waals surface area contributed by atoms with Gasteiger partial charge >= 0.3 is 0 Å². The highest BCUT2D eigenvalue weighted by Gasteiger charge is 2.35. The monoisotopic (exact) mass is 459 g/mol. The number of hydrogen-bond acceptors (Lipinski definition) is 7. The normalized spacial score (nSPS) is 25.4. The number of anilines is 2. The number of fused-ring (bicyclic) bond motifs is 3. The van der Waals surface area contributed by atoms with Gasteiger partial charge in [0.25, 0.3) is 0 Å². The second kappa shape index (κ2) is 7.95. The van der Waals surface area contributed by atoms with Gasteiger partial charge in [0.05, 0.1) is 25.9 Å². The summed E-state index contributed by atoms with van der Waals surface area (Å²) in [6, 6.07) is 8.56. The first-order valence-electron chi connectivity index (χ1n) is 12.3. The Labute approximate surface area is 197 Å². The zero-order valence-corrected chi connectivity index (χ0v) is 19.3. The van der Waals surface area contributed by atoms with Crippen molar-refractivity contribution in [1.82, 2.24) is 24.9 Å². The second-order valence-electron chi connectivity index (χ2n) is 9.79. The molecule has 9 nitrogen and oxygen atoms in total.